The molecule has 1 heterocycles. The molecule has 2 heteroatoms. The summed E-state index contributed by atoms with van der Waals surface area (Å²) in [4.78, 5) is 2.69. The van der Waals surface area contributed by atoms with E-state index in [1.807, 2.05) is 0 Å². The van der Waals surface area contributed by atoms with Gasteiger partial charge in [-0.05, 0) is 81.2 Å². The fourth-order valence-electron chi connectivity index (χ4n) is 4.29. The first kappa shape index (κ1) is 20.9. The topological polar surface area (TPSA) is 12.5 Å². The number of ether oxygens (including phenoxy) is 1. The Morgan fingerprint density at radius 3 is 2.32 bits per heavy atom. The highest BCUT2D eigenvalue weighted by Crippen LogP contribution is 2.29. The van der Waals surface area contributed by atoms with E-state index in [0.29, 0.717) is 17.9 Å². The summed E-state index contributed by atoms with van der Waals surface area (Å²) in [7, 11) is 0. The Balaban J connectivity index is 1.45. The van der Waals surface area contributed by atoms with Gasteiger partial charge >= 0.3 is 0 Å². The highest BCUT2D eigenvalue weighted by atomic mass is 16.5. The van der Waals surface area contributed by atoms with Gasteiger partial charge in [0.2, 0.25) is 0 Å². The van der Waals surface area contributed by atoms with Crippen LogP contribution in [0.2, 0.25) is 0 Å². The minimum absolute atomic E-state index is 0.252. The maximum atomic E-state index is 6.16. The molecule has 2 unspecified atom stereocenters. The van der Waals surface area contributed by atoms with Gasteiger partial charge in [0.1, 0.15) is 5.75 Å². The van der Waals surface area contributed by atoms with Crippen LogP contribution in [0.4, 0.5) is 0 Å². The first-order chi connectivity index (χ1) is 13.5. The average Bonchev–Trinajstić information content (AvgIpc) is 2.73. The van der Waals surface area contributed by atoms with Crippen LogP contribution in [0.25, 0.3) is 0 Å². The Morgan fingerprint density at radius 2 is 1.64 bits per heavy atom. The van der Waals surface area contributed by atoms with E-state index in [2.05, 4.69) is 87.2 Å². The van der Waals surface area contributed by atoms with Gasteiger partial charge in [-0.1, -0.05) is 56.3 Å². The van der Waals surface area contributed by atoms with Crippen LogP contribution in [-0.4, -0.2) is 30.1 Å². The van der Waals surface area contributed by atoms with Crippen molar-refractivity contribution in [3.8, 4) is 5.75 Å². The number of likely N-dealkylation sites (tertiary alicyclic amines) is 1. The Labute approximate surface area is 171 Å². The van der Waals surface area contributed by atoms with E-state index in [4.69, 9.17) is 4.74 Å². The molecule has 0 aliphatic carbocycles. The standard InChI is InChI=1S/C26H37NO/c1-20(2)23-14-16-26(17-15-23)28-22(4)13-12-21(3)27-18-8-11-25(19-27)24-9-6-5-7-10-24/h5-7,9-10,14-17,20-22,25H,8,11-13,18-19H2,1-4H3/t21?,22?,25-/m0/s1. The second kappa shape index (κ2) is 10.1. The SMILES string of the molecule is CC(CCC(C)N1CCC[C@H](c2ccccc2)C1)Oc1ccc(C(C)C)cc1. The van der Waals surface area contributed by atoms with Gasteiger partial charge in [0.15, 0.2) is 0 Å². The molecule has 0 aromatic heterocycles. The summed E-state index contributed by atoms with van der Waals surface area (Å²) >= 11 is 0. The summed E-state index contributed by atoms with van der Waals surface area (Å²) < 4.78 is 6.16. The highest BCUT2D eigenvalue weighted by Gasteiger charge is 2.24. The van der Waals surface area contributed by atoms with Gasteiger partial charge in [-0.3, -0.25) is 0 Å². The quantitative estimate of drug-likeness (QED) is 0.510. The molecule has 1 aliphatic rings. The van der Waals surface area contributed by atoms with Crippen LogP contribution >= 0.6 is 0 Å². The fourth-order valence-corrected chi connectivity index (χ4v) is 4.29. The number of benzene rings is 2. The lowest BCUT2D eigenvalue weighted by Gasteiger charge is -2.37. The molecular weight excluding hydrogens is 342 g/mol. The minimum atomic E-state index is 0.252. The van der Waals surface area contributed by atoms with Gasteiger partial charge in [0.05, 0.1) is 6.10 Å². The molecule has 2 aromatic carbocycles. The van der Waals surface area contributed by atoms with E-state index in [0.717, 1.165) is 12.2 Å². The van der Waals surface area contributed by atoms with Crippen LogP contribution < -0.4 is 4.74 Å². The van der Waals surface area contributed by atoms with E-state index in [9.17, 15) is 0 Å². The van der Waals surface area contributed by atoms with Crippen LogP contribution in [0.15, 0.2) is 54.6 Å². The molecule has 3 atom stereocenters. The van der Waals surface area contributed by atoms with E-state index in [1.54, 1.807) is 0 Å². The zero-order chi connectivity index (χ0) is 19.9. The maximum Gasteiger partial charge on any atom is 0.119 e. The molecule has 2 aromatic rings. The number of rotatable bonds is 8. The van der Waals surface area contributed by atoms with Gasteiger partial charge in [-0.2, -0.15) is 0 Å². The molecule has 28 heavy (non-hydrogen) atoms. The van der Waals surface area contributed by atoms with Crippen molar-refractivity contribution in [2.75, 3.05) is 13.1 Å². The summed E-state index contributed by atoms with van der Waals surface area (Å²) in [5.41, 5.74) is 2.87. The normalized spacial score (nSPS) is 20.1. The van der Waals surface area contributed by atoms with Crippen molar-refractivity contribution in [3.05, 3.63) is 65.7 Å². The van der Waals surface area contributed by atoms with Crippen molar-refractivity contribution in [2.24, 2.45) is 0 Å². The largest absolute Gasteiger partial charge is 0.491 e. The molecule has 1 fully saturated rings. The zero-order valence-corrected chi connectivity index (χ0v) is 18.1. The van der Waals surface area contributed by atoms with Gasteiger partial charge < -0.3 is 9.64 Å². The summed E-state index contributed by atoms with van der Waals surface area (Å²) in [5, 5.41) is 0. The lowest BCUT2D eigenvalue weighted by molar-refractivity contribution is 0.132. The van der Waals surface area contributed by atoms with Gasteiger partial charge in [0, 0.05) is 12.6 Å². The Bertz CT molecular complexity index is 694. The van der Waals surface area contributed by atoms with E-state index >= 15 is 0 Å². The Hall–Kier alpha value is -1.80. The van der Waals surface area contributed by atoms with Crippen molar-refractivity contribution in [3.63, 3.8) is 0 Å². The summed E-state index contributed by atoms with van der Waals surface area (Å²) in [6.07, 6.45) is 5.16. The van der Waals surface area contributed by atoms with Gasteiger partial charge in [-0.25, -0.2) is 0 Å². The Morgan fingerprint density at radius 1 is 0.929 bits per heavy atom. The van der Waals surface area contributed by atoms with Crippen molar-refractivity contribution in [1.82, 2.24) is 4.90 Å². The van der Waals surface area contributed by atoms with Crippen molar-refractivity contribution < 1.29 is 4.74 Å². The van der Waals surface area contributed by atoms with Crippen LogP contribution in [0.3, 0.4) is 0 Å². The van der Waals surface area contributed by atoms with Crippen LogP contribution in [-0.2, 0) is 0 Å². The first-order valence-electron chi connectivity index (χ1n) is 11.1. The smallest absolute Gasteiger partial charge is 0.119 e. The van der Waals surface area contributed by atoms with E-state index in [-0.39, 0.29) is 6.10 Å². The molecule has 0 saturated carbocycles. The molecule has 0 bridgehead atoms. The van der Waals surface area contributed by atoms with Crippen LogP contribution in [0, 0.1) is 0 Å². The van der Waals surface area contributed by atoms with Crippen molar-refractivity contribution >= 4 is 0 Å². The second-order valence-corrected chi connectivity index (χ2v) is 8.82. The lowest BCUT2D eigenvalue weighted by atomic mass is 9.89. The van der Waals surface area contributed by atoms with E-state index in [1.165, 1.54) is 43.5 Å². The number of piperidine rings is 1. The predicted molar refractivity (Wildman–Crippen MR) is 119 cm³/mol. The van der Waals surface area contributed by atoms with Gasteiger partial charge in [-0.15, -0.1) is 0 Å². The molecule has 0 radical (unpaired) electrons. The molecule has 0 spiro atoms. The third-order valence-electron chi connectivity index (χ3n) is 6.22. The lowest BCUT2D eigenvalue weighted by Crippen LogP contribution is -2.41. The third-order valence-corrected chi connectivity index (χ3v) is 6.22. The molecule has 1 saturated heterocycles. The van der Waals surface area contributed by atoms with Crippen LogP contribution in [0.1, 0.15) is 76.3 Å². The van der Waals surface area contributed by atoms with Crippen molar-refractivity contribution in [2.45, 2.75) is 77.4 Å². The minimum Gasteiger partial charge on any atom is -0.491 e. The maximum absolute atomic E-state index is 6.16. The zero-order valence-electron chi connectivity index (χ0n) is 18.1. The predicted octanol–water partition coefficient (Wildman–Crippen LogP) is 6.63. The van der Waals surface area contributed by atoms with Gasteiger partial charge in [0.25, 0.3) is 0 Å². The van der Waals surface area contributed by atoms with Crippen molar-refractivity contribution in [1.29, 1.82) is 0 Å². The molecule has 1 aliphatic heterocycles. The first-order valence-corrected chi connectivity index (χ1v) is 11.1. The summed E-state index contributed by atoms with van der Waals surface area (Å²) in [6, 6.07) is 20.3. The number of hydrogen-bond acceptors (Lipinski definition) is 2. The molecule has 0 amide bonds. The molecule has 152 valence electrons. The second-order valence-electron chi connectivity index (χ2n) is 8.82. The highest BCUT2D eigenvalue weighted by molar-refractivity contribution is 5.29. The third kappa shape index (κ3) is 5.85. The molecule has 2 nitrogen and oxygen atoms in total. The summed E-state index contributed by atoms with van der Waals surface area (Å²) in [6.45, 7) is 11.5. The fraction of sp³-hybridized carbons (Fsp3) is 0.538. The summed E-state index contributed by atoms with van der Waals surface area (Å²) in [5.74, 6) is 2.24. The molecule has 3 rings (SSSR count). The average molecular weight is 380 g/mol. The molecule has 0 N–H and O–H groups in total. The van der Waals surface area contributed by atoms with E-state index < -0.39 is 0 Å². The number of hydrogen-bond donors (Lipinski definition) is 0. The Kier molecular flexibility index (Phi) is 7.56. The monoisotopic (exact) mass is 379 g/mol. The molecular formula is C26H37NO. The van der Waals surface area contributed by atoms with Crippen LogP contribution in [0.5, 0.6) is 5.75 Å². The number of nitrogens with zero attached hydrogens (tertiary/aromatic N) is 1.